The van der Waals surface area contributed by atoms with Gasteiger partial charge in [-0.1, -0.05) is 36.8 Å². The van der Waals surface area contributed by atoms with E-state index in [1.807, 2.05) is 12.1 Å². The van der Waals surface area contributed by atoms with Crippen molar-refractivity contribution in [1.29, 1.82) is 0 Å². The van der Waals surface area contributed by atoms with Crippen LogP contribution in [0.4, 0.5) is 0 Å². The zero-order valence-corrected chi connectivity index (χ0v) is 13.8. The van der Waals surface area contributed by atoms with Crippen molar-refractivity contribution in [1.82, 2.24) is 9.80 Å². The minimum atomic E-state index is -0.383. The van der Waals surface area contributed by atoms with Crippen LogP contribution in [0.25, 0.3) is 0 Å². The molecule has 0 aromatic heterocycles. The molecule has 0 spiro atoms. The van der Waals surface area contributed by atoms with Gasteiger partial charge in [-0.2, -0.15) is 0 Å². The molecule has 118 valence electrons. The van der Waals surface area contributed by atoms with Crippen LogP contribution in [0.1, 0.15) is 43.4 Å². The van der Waals surface area contributed by atoms with Gasteiger partial charge >= 0.3 is 0 Å². The van der Waals surface area contributed by atoms with Crippen molar-refractivity contribution < 1.29 is 5.11 Å². The number of benzene rings is 1. The Labute approximate surface area is 129 Å². The SMILES string of the molecule is CCN(CCC1CCCN1C)CC(O)c1ccc(C)cc1. The summed E-state index contributed by atoms with van der Waals surface area (Å²) < 4.78 is 0. The summed E-state index contributed by atoms with van der Waals surface area (Å²) in [5.41, 5.74) is 2.26. The molecule has 3 heteroatoms. The lowest BCUT2D eigenvalue weighted by Crippen LogP contribution is -2.34. The van der Waals surface area contributed by atoms with E-state index < -0.39 is 0 Å². The number of likely N-dealkylation sites (N-methyl/N-ethyl adjacent to an activating group) is 1. The topological polar surface area (TPSA) is 26.7 Å². The number of hydrogen-bond donors (Lipinski definition) is 1. The van der Waals surface area contributed by atoms with Gasteiger partial charge in [0.1, 0.15) is 0 Å². The van der Waals surface area contributed by atoms with Gasteiger partial charge in [-0.25, -0.2) is 0 Å². The monoisotopic (exact) mass is 290 g/mol. The highest BCUT2D eigenvalue weighted by Gasteiger charge is 2.21. The summed E-state index contributed by atoms with van der Waals surface area (Å²) >= 11 is 0. The maximum absolute atomic E-state index is 10.4. The maximum atomic E-state index is 10.4. The number of aryl methyl sites for hydroxylation is 1. The van der Waals surface area contributed by atoms with Crippen LogP contribution in [0.2, 0.25) is 0 Å². The van der Waals surface area contributed by atoms with E-state index in [2.05, 4.69) is 42.8 Å². The summed E-state index contributed by atoms with van der Waals surface area (Å²) in [4.78, 5) is 4.85. The smallest absolute Gasteiger partial charge is 0.0916 e. The number of aliphatic hydroxyl groups excluding tert-OH is 1. The maximum Gasteiger partial charge on any atom is 0.0916 e. The van der Waals surface area contributed by atoms with Crippen molar-refractivity contribution in [3.05, 3.63) is 35.4 Å². The Bertz CT molecular complexity index is 418. The number of nitrogens with zero attached hydrogens (tertiary/aromatic N) is 2. The third kappa shape index (κ3) is 4.80. The molecule has 3 nitrogen and oxygen atoms in total. The summed E-state index contributed by atoms with van der Waals surface area (Å²) in [6.07, 6.45) is 3.49. The fourth-order valence-corrected chi connectivity index (χ4v) is 3.19. The van der Waals surface area contributed by atoms with Crippen LogP contribution < -0.4 is 0 Å². The lowest BCUT2D eigenvalue weighted by Gasteiger charge is -2.27. The average molecular weight is 290 g/mol. The van der Waals surface area contributed by atoms with Gasteiger partial charge in [-0.05, 0) is 58.4 Å². The Balaban J connectivity index is 1.82. The first-order chi connectivity index (χ1) is 10.1. The molecular formula is C18H30N2O. The number of rotatable bonds is 7. The molecule has 0 saturated carbocycles. The first-order valence-corrected chi connectivity index (χ1v) is 8.27. The number of likely N-dealkylation sites (tertiary alicyclic amines) is 1. The predicted molar refractivity (Wildman–Crippen MR) is 88.5 cm³/mol. The van der Waals surface area contributed by atoms with E-state index in [1.54, 1.807) is 0 Å². The summed E-state index contributed by atoms with van der Waals surface area (Å²) in [6.45, 7) is 8.30. The van der Waals surface area contributed by atoms with Crippen molar-refractivity contribution in [3.8, 4) is 0 Å². The van der Waals surface area contributed by atoms with E-state index in [1.165, 1.54) is 31.4 Å². The first kappa shape index (κ1) is 16.5. The second-order valence-electron chi connectivity index (χ2n) is 6.39. The largest absolute Gasteiger partial charge is 0.387 e. The summed E-state index contributed by atoms with van der Waals surface area (Å²) in [5.74, 6) is 0. The fraction of sp³-hybridized carbons (Fsp3) is 0.667. The van der Waals surface area contributed by atoms with Gasteiger partial charge in [0.25, 0.3) is 0 Å². The van der Waals surface area contributed by atoms with Crippen molar-refractivity contribution in [3.63, 3.8) is 0 Å². The molecule has 2 atom stereocenters. The molecule has 1 aliphatic rings. The van der Waals surface area contributed by atoms with Crippen LogP contribution >= 0.6 is 0 Å². The molecular weight excluding hydrogens is 260 g/mol. The standard InChI is InChI=1S/C18H30N2O/c1-4-20(13-11-17-6-5-12-19(17)3)14-18(21)16-9-7-15(2)8-10-16/h7-10,17-18,21H,4-6,11-14H2,1-3H3. The molecule has 2 unspecified atom stereocenters. The highest BCUT2D eigenvalue weighted by Crippen LogP contribution is 2.19. The van der Waals surface area contributed by atoms with Crippen molar-refractivity contribution >= 4 is 0 Å². The minimum Gasteiger partial charge on any atom is -0.387 e. The molecule has 2 rings (SSSR count). The van der Waals surface area contributed by atoms with Gasteiger partial charge < -0.3 is 14.9 Å². The van der Waals surface area contributed by atoms with Crippen molar-refractivity contribution in [2.75, 3.05) is 33.2 Å². The van der Waals surface area contributed by atoms with E-state index in [9.17, 15) is 5.11 Å². The van der Waals surface area contributed by atoms with Crippen LogP contribution in [-0.2, 0) is 0 Å². The van der Waals surface area contributed by atoms with Crippen molar-refractivity contribution in [2.45, 2.75) is 45.3 Å². The van der Waals surface area contributed by atoms with Gasteiger partial charge in [0.05, 0.1) is 6.10 Å². The Hall–Kier alpha value is -0.900. The Morgan fingerprint density at radius 1 is 1.33 bits per heavy atom. The van der Waals surface area contributed by atoms with Gasteiger partial charge in [0.2, 0.25) is 0 Å². The third-order valence-electron chi connectivity index (χ3n) is 4.79. The molecule has 21 heavy (non-hydrogen) atoms. The zero-order chi connectivity index (χ0) is 15.2. The zero-order valence-electron chi connectivity index (χ0n) is 13.8. The molecule has 0 bridgehead atoms. The van der Waals surface area contributed by atoms with Crippen LogP contribution in [-0.4, -0.2) is 54.2 Å². The summed E-state index contributed by atoms with van der Waals surface area (Å²) in [7, 11) is 2.23. The van der Waals surface area contributed by atoms with Crippen LogP contribution in [0.5, 0.6) is 0 Å². The van der Waals surface area contributed by atoms with Crippen LogP contribution in [0.15, 0.2) is 24.3 Å². The fourth-order valence-electron chi connectivity index (χ4n) is 3.19. The van der Waals surface area contributed by atoms with Gasteiger partial charge in [0.15, 0.2) is 0 Å². The summed E-state index contributed by atoms with van der Waals surface area (Å²) in [5, 5.41) is 10.4. The van der Waals surface area contributed by atoms with Gasteiger partial charge in [-0.3, -0.25) is 0 Å². The molecule has 0 aliphatic carbocycles. The highest BCUT2D eigenvalue weighted by molar-refractivity contribution is 5.23. The molecule has 1 saturated heterocycles. The molecule has 1 aromatic rings. The van der Waals surface area contributed by atoms with E-state index in [0.717, 1.165) is 31.2 Å². The Morgan fingerprint density at radius 3 is 2.62 bits per heavy atom. The molecule has 0 amide bonds. The lowest BCUT2D eigenvalue weighted by atomic mass is 10.1. The highest BCUT2D eigenvalue weighted by atomic mass is 16.3. The van der Waals surface area contributed by atoms with Crippen molar-refractivity contribution in [2.24, 2.45) is 0 Å². The predicted octanol–water partition coefficient (Wildman–Crippen LogP) is 2.83. The van der Waals surface area contributed by atoms with Crippen LogP contribution in [0.3, 0.4) is 0 Å². The molecule has 1 N–H and O–H groups in total. The molecule has 1 heterocycles. The van der Waals surface area contributed by atoms with E-state index >= 15 is 0 Å². The molecule has 1 aliphatic heterocycles. The van der Waals surface area contributed by atoms with Gasteiger partial charge in [0, 0.05) is 12.6 Å². The average Bonchev–Trinajstić information content (AvgIpc) is 2.89. The second-order valence-corrected chi connectivity index (χ2v) is 6.39. The quantitative estimate of drug-likeness (QED) is 0.836. The van der Waals surface area contributed by atoms with Gasteiger partial charge in [-0.15, -0.1) is 0 Å². The van der Waals surface area contributed by atoms with E-state index in [0.29, 0.717) is 0 Å². The first-order valence-electron chi connectivity index (χ1n) is 8.27. The van der Waals surface area contributed by atoms with E-state index in [-0.39, 0.29) is 6.10 Å². The third-order valence-corrected chi connectivity index (χ3v) is 4.79. The lowest BCUT2D eigenvalue weighted by molar-refractivity contribution is 0.110. The number of aliphatic hydroxyl groups is 1. The number of hydrogen-bond acceptors (Lipinski definition) is 3. The molecule has 0 radical (unpaired) electrons. The summed E-state index contributed by atoms with van der Waals surface area (Å²) in [6, 6.07) is 8.96. The molecule has 1 fully saturated rings. The van der Waals surface area contributed by atoms with Crippen LogP contribution in [0, 0.1) is 6.92 Å². The normalized spacial score (nSPS) is 21.1. The molecule has 1 aromatic carbocycles. The Kier molecular flexibility index (Phi) is 6.22. The second kappa shape index (κ2) is 7.92. The minimum absolute atomic E-state index is 0.383. The Morgan fingerprint density at radius 2 is 2.05 bits per heavy atom. The van der Waals surface area contributed by atoms with E-state index in [4.69, 9.17) is 0 Å².